The number of hydrogen-bond acceptors (Lipinski definition) is 3. The second-order valence-electron chi connectivity index (χ2n) is 5.77. The molecule has 1 atom stereocenters. The number of sulfonamides is 1. The van der Waals surface area contributed by atoms with Crippen LogP contribution in [0, 0.1) is 17.6 Å². The van der Waals surface area contributed by atoms with E-state index >= 15 is 0 Å². The lowest BCUT2D eigenvalue weighted by molar-refractivity contribution is -0.118. The number of carbonyl (C=O) groups excluding carboxylic acids is 1. The average molecular weight is 368 g/mol. The largest absolute Gasteiger partial charge is 0.325 e. The van der Waals surface area contributed by atoms with Crippen LogP contribution in [0.25, 0.3) is 0 Å². The standard InChI is InChI=1S/C17H18F2N2O3S/c1-11(2)16(17(22)20-13-9-7-12(18)8-10-13)21-25(23,24)15-6-4-3-5-14(15)19/h3-11,16,21H,1-2H3,(H,20,22). The summed E-state index contributed by atoms with van der Waals surface area (Å²) in [6, 6.07) is 8.83. The zero-order valence-corrected chi connectivity index (χ0v) is 14.5. The highest BCUT2D eigenvalue weighted by Gasteiger charge is 2.29. The van der Waals surface area contributed by atoms with Crippen molar-refractivity contribution < 1.29 is 22.0 Å². The maximum absolute atomic E-state index is 13.8. The predicted octanol–water partition coefficient (Wildman–Crippen LogP) is 2.91. The number of benzene rings is 2. The summed E-state index contributed by atoms with van der Waals surface area (Å²) < 4.78 is 53.7. The topological polar surface area (TPSA) is 75.3 Å². The monoisotopic (exact) mass is 368 g/mol. The molecule has 0 fully saturated rings. The van der Waals surface area contributed by atoms with Gasteiger partial charge in [-0.2, -0.15) is 4.72 Å². The molecule has 0 aliphatic rings. The minimum absolute atomic E-state index is 0.321. The summed E-state index contributed by atoms with van der Waals surface area (Å²) in [5, 5.41) is 2.51. The van der Waals surface area contributed by atoms with Gasteiger partial charge in [-0.05, 0) is 42.3 Å². The molecule has 5 nitrogen and oxygen atoms in total. The third-order valence-corrected chi connectivity index (χ3v) is 4.94. The molecule has 0 bridgehead atoms. The second-order valence-corrected chi connectivity index (χ2v) is 7.45. The Hall–Kier alpha value is -2.32. The third kappa shape index (κ3) is 4.83. The SMILES string of the molecule is CC(C)C(NS(=O)(=O)c1ccccc1F)C(=O)Nc1ccc(F)cc1. The Bertz CT molecular complexity index is 852. The zero-order valence-electron chi connectivity index (χ0n) is 13.7. The Labute approximate surface area is 145 Å². The summed E-state index contributed by atoms with van der Waals surface area (Å²) in [4.78, 5) is 11.9. The van der Waals surface area contributed by atoms with Crippen molar-refractivity contribution in [1.29, 1.82) is 0 Å². The van der Waals surface area contributed by atoms with Crippen molar-refractivity contribution in [2.24, 2.45) is 5.92 Å². The highest BCUT2D eigenvalue weighted by molar-refractivity contribution is 7.89. The van der Waals surface area contributed by atoms with Gasteiger partial charge >= 0.3 is 0 Å². The van der Waals surface area contributed by atoms with Gasteiger partial charge in [0.2, 0.25) is 15.9 Å². The smallest absolute Gasteiger partial charge is 0.244 e. The maximum atomic E-state index is 13.8. The van der Waals surface area contributed by atoms with Crippen LogP contribution in [0.5, 0.6) is 0 Å². The molecule has 2 N–H and O–H groups in total. The number of rotatable bonds is 6. The van der Waals surface area contributed by atoms with Gasteiger partial charge in [-0.15, -0.1) is 0 Å². The third-order valence-electron chi connectivity index (χ3n) is 3.47. The van der Waals surface area contributed by atoms with Gasteiger partial charge in [0.05, 0.1) is 0 Å². The van der Waals surface area contributed by atoms with Crippen LogP contribution in [0.3, 0.4) is 0 Å². The van der Waals surface area contributed by atoms with E-state index in [4.69, 9.17) is 0 Å². The Balaban J connectivity index is 2.21. The molecule has 0 spiro atoms. The molecule has 0 radical (unpaired) electrons. The van der Waals surface area contributed by atoms with E-state index in [2.05, 4.69) is 10.0 Å². The lowest BCUT2D eigenvalue weighted by Crippen LogP contribution is -2.47. The first-order valence-corrected chi connectivity index (χ1v) is 9.02. The van der Waals surface area contributed by atoms with E-state index in [1.165, 1.54) is 36.4 Å². The zero-order chi connectivity index (χ0) is 18.6. The lowest BCUT2D eigenvalue weighted by atomic mass is 10.0. The number of nitrogens with one attached hydrogen (secondary N) is 2. The molecule has 0 aliphatic carbocycles. The van der Waals surface area contributed by atoms with Crippen molar-refractivity contribution in [1.82, 2.24) is 4.72 Å². The molecule has 25 heavy (non-hydrogen) atoms. The van der Waals surface area contributed by atoms with Gasteiger partial charge in [0.25, 0.3) is 0 Å². The first-order valence-electron chi connectivity index (χ1n) is 7.54. The molecule has 0 aromatic heterocycles. The summed E-state index contributed by atoms with van der Waals surface area (Å²) in [7, 11) is -4.23. The van der Waals surface area contributed by atoms with Crippen molar-refractivity contribution in [3.63, 3.8) is 0 Å². The van der Waals surface area contributed by atoms with Gasteiger partial charge < -0.3 is 5.32 Å². The van der Waals surface area contributed by atoms with Gasteiger partial charge in [0.1, 0.15) is 22.6 Å². The first-order chi connectivity index (χ1) is 11.7. The van der Waals surface area contributed by atoms with Crippen LogP contribution in [-0.2, 0) is 14.8 Å². The van der Waals surface area contributed by atoms with Crippen molar-refractivity contribution in [3.05, 3.63) is 60.2 Å². The average Bonchev–Trinajstić information content (AvgIpc) is 2.54. The molecule has 0 heterocycles. The molecule has 2 aromatic carbocycles. The molecule has 2 rings (SSSR count). The quantitative estimate of drug-likeness (QED) is 0.823. The Morgan fingerprint density at radius 1 is 1.00 bits per heavy atom. The molecule has 2 aromatic rings. The number of hydrogen-bond donors (Lipinski definition) is 2. The lowest BCUT2D eigenvalue weighted by Gasteiger charge is -2.21. The van der Waals surface area contributed by atoms with E-state index < -0.39 is 44.4 Å². The molecule has 0 saturated heterocycles. The number of anilines is 1. The summed E-state index contributed by atoms with van der Waals surface area (Å²) in [5.41, 5.74) is 0.321. The number of carbonyl (C=O) groups is 1. The summed E-state index contributed by atoms with van der Waals surface area (Å²) in [6.45, 7) is 3.30. The maximum Gasteiger partial charge on any atom is 0.244 e. The Morgan fingerprint density at radius 3 is 2.16 bits per heavy atom. The van der Waals surface area contributed by atoms with Crippen molar-refractivity contribution in [2.75, 3.05) is 5.32 Å². The summed E-state index contributed by atoms with van der Waals surface area (Å²) in [6.07, 6.45) is 0. The minimum Gasteiger partial charge on any atom is -0.325 e. The molecular formula is C17H18F2N2O3S. The van der Waals surface area contributed by atoms with Crippen LogP contribution >= 0.6 is 0 Å². The minimum atomic E-state index is -4.23. The molecule has 1 amide bonds. The van der Waals surface area contributed by atoms with Crippen LogP contribution in [0.15, 0.2) is 53.4 Å². The van der Waals surface area contributed by atoms with Crippen molar-refractivity contribution in [3.8, 4) is 0 Å². The summed E-state index contributed by atoms with van der Waals surface area (Å²) >= 11 is 0. The number of amides is 1. The normalized spacial score (nSPS) is 12.8. The van der Waals surface area contributed by atoms with E-state index in [0.717, 1.165) is 12.1 Å². The Kier molecular flexibility index (Phi) is 5.86. The van der Waals surface area contributed by atoms with Gasteiger partial charge in [-0.25, -0.2) is 17.2 Å². The first kappa shape index (κ1) is 19.0. The van der Waals surface area contributed by atoms with E-state index in [9.17, 15) is 22.0 Å². The molecule has 1 unspecified atom stereocenters. The Morgan fingerprint density at radius 2 is 1.60 bits per heavy atom. The molecule has 8 heteroatoms. The van der Waals surface area contributed by atoms with E-state index in [0.29, 0.717) is 5.69 Å². The van der Waals surface area contributed by atoms with Gasteiger partial charge in [-0.3, -0.25) is 4.79 Å². The van der Waals surface area contributed by atoms with Gasteiger partial charge in [0.15, 0.2) is 0 Å². The highest BCUT2D eigenvalue weighted by Crippen LogP contribution is 2.17. The van der Waals surface area contributed by atoms with Gasteiger partial charge in [-0.1, -0.05) is 26.0 Å². The number of halogens is 2. The predicted molar refractivity (Wildman–Crippen MR) is 90.4 cm³/mol. The van der Waals surface area contributed by atoms with Crippen LogP contribution in [0.1, 0.15) is 13.8 Å². The van der Waals surface area contributed by atoms with Gasteiger partial charge in [0, 0.05) is 5.69 Å². The molecular weight excluding hydrogens is 350 g/mol. The van der Waals surface area contributed by atoms with Crippen molar-refractivity contribution >= 4 is 21.6 Å². The van der Waals surface area contributed by atoms with Crippen LogP contribution < -0.4 is 10.0 Å². The van der Waals surface area contributed by atoms with Crippen molar-refractivity contribution in [2.45, 2.75) is 24.8 Å². The van der Waals surface area contributed by atoms with Crippen LogP contribution in [0.2, 0.25) is 0 Å². The fourth-order valence-corrected chi connectivity index (χ4v) is 3.56. The van der Waals surface area contributed by atoms with E-state index in [1.54, 1.807) is 13.8 Å². The summed E-state index contributed by atoms with van der Waals surface area (Å²) in [5.74, 6) is -2.39. The van der Waals surface area contributed by atoms with E-state index in [1.807, 2.05) is 0 Å². The molecule has 0 aliphatic heterocycles. The molecule has 0 saturated carbocycles. The van der Waals surface area contributed by atoms with Crippen LogP contribution in [-0.4, -0.2) is 20.4 Å². The second kappa shape index (κ2) is 7.71. The van der Waals surface area contributed by atoms with Crippen LogP contribution in [0.4, 0.5) is 14.5 Å². The highest BCUT2D eigenvalue weighted by atomic mass is 32.2. The molecule has 134 valence electrons. The van der Waals surface area contributed by atoms with E-state index in [-0.39, 0.29) is 0 Å². The fraction of sp³-hybridized carbons (Fsp3) is 0.235. The fourth-order valence-electron chi connectivity index (χ4n) is 2.14.